The number of nitrogens with one attached hydrogen (secondary N) is 1. The average Bonchev–Trinajstić information content (AvgIpc) is 2.79. The molecule has 2 aliphatic rings. The molecule has 0 radical (unpaired) electrons. The Labute approximate surface area is 104 Å². The van der Waals surface area contributed by atoms with Crippen molar-refractivity contribution in [2.75, 3.05) is 24.7 Å². The van der Waals surface area contributed by atoms with Crippen LogP contribution in [-0.2, 0) is 14.6 Å². The molecule has 0 saturated carbocycles. The van der Waals surface area contributed by atoms with E-state index in [9.17, 15) is 8.42 Å². The fraction of sp³-hybridized carbons (Fsp3) is 1.00. The van der Waals surface area contributed by atoms with Crippen LogP contribution in [-0.4, -0.2) is 45.2 Å². The van der Waals surface area contributed by atoms with Gasteiger partial charge >= 0.3 is 0 Å². The van der Waals surface area contributed by atoms with Crippen molar-refractivity contribution in [3.8, 4) is 0 Å². The lowest BCUT2D eigenvalue weighted by Crippen LogP contribution is -2.38. The minimum Gasteiger partial charge on any atom is -0.378 e. The zero-order chi connectivity index (χ0) is 12.1. The molecule has 2 aliphatic heterocycles. The molecular weight excluding hydrogens is 238 g/mol. The van der Waals surface area contributed by atoms with Crippen molar-refractivity contribution in [1.29, 1.82) is 0 Å². The van der Waals surface area contributed by atoms with Crippen LogP contribution in [0.15, 0.2) is 0 Å². The lowest BCUT2D eigenvalue weighted by Gasteiger charge is -2.23. The molecule has 0 aromatic heterocycles. The van der Waals surface area contributed by atoms with Crippen molar-refractivity contribution in [3.63, 3.8) is 0 Å². The van der Waals surface area contributed by atoms with Gasteiger partial charge in [-0.2, -0.15) is 0 Å². The van der Waals surface area contributed by atoms with Gasteiger partial charge in [-0.05, 0) is 45.1 Å². The second-order valence-electron chi connectivity index (χ2n) is 5.16. The molecule has 0 aromatic rings. The van der Waals surface area contributed by atoms with Gasteiger partial charge in [-0.15, -0.1) is 0 Å². The van der Waals surface area contributed by atoms with Crippen LogP contribution >= 0.6 is 0 Å². The first-order valence-electron chi connectivity index (χ1n) is 6.71. The molecule has 2 fully saturated rings. The molecule has 17 heavy (non-hydrogen) atoms. The summed E-state index contributed by atoms with van der Waals surface area (Å²) in [5.41, 5.74) is 0. The highest BCUT2D eigenvalue weighted by molar-refractivity contribution is 7.91. The normalized spacial score (nSPS) is 29.5. The van der Waals surface area contributed by atoms with Crippen LogP contribution in [0.5, 0.6) is 0 Å². The summed E-state index contributed by atoms with van der Waals surface area (Å²) >= 11 is 0. The van der Waals surface area contributed by atoms with Gasteiger partial charge in [0, 0.05) is 12.6 Å². The van der Waals surface area contributed by atoms with Crippen molar-refractivity contribution in [3.05, 3.63) is 0 Å². The molecule has 0 spiro atoms. The van der Waals surface area contributed by atoms with Crippen LogP contribution in [0.4, 0.5) is 0 Å². The van der Waals surface area contributed by atoms with E-state index < -0.39 is 9.84 Å². The van der Waals surface area contributed by atoms with Gasteiger partial charge in [-0.1, -0.05) is 0 Å². The van der Waals surface area contributed by atoms with Crippen LogP contribution in [0.1, 0.15) is 38.5 Å². The zero-order valence-corrected chi connectivity index (χ0v) is 11.2. The standard InChI is InChI=1S/C12H23NO3S/c14-17(15)9-5-11(6-10-17)13-7-1-3-12-4-2-8-16-12/h11-13H,1-10H2. The van der Waals surface area contributed by atoms with E-state index >= 15 is 0 Å². The van der Waals surface area contributed by atoms with Crippen LogP contribution in [0.2, 0.25) is 0 Å². The summed E-state index contributed by atoms with van der Waals surface area (Å²) in [7, 11) is -2.72. The van der Waals surface area contributed by atoms with E-state index in [0.717, 1.165) is 38.8 Å². The van der Waals surface area contributed by atoms with Gasteiger partial charge in [-0.3, -0.25) is 0 Å². The summed E-state index contributed by atoms with van der Waals surface area (Å²) < 4.78 is 28.1. The predicted octanol–water partition coefficient (Wildman–Crippen LogP) is 1.11. The number of hydrogen-bond donors (Lipinski definition) is 1. The van der Waals surface area contributed by atoms with Gasteiger partial charge < -0.3 is 10.1 Å². The van der Waals surface area contributed by atoms with Crippen LogP contribution in [0.3, 0.4) is 0 Å². The van der Waals surface area contributed by atoms with Crippen LogP contribution < -0.4 is 5.32 Å². The van der Waals surface area contributed by atoms with E-state index in [2.05, 4.69) is 5.32 Å². The van der Waals surface area contributed by atoms with Crippen molar-refractivity contribution in [2.45, 2.75) is 50.7 Å². The molecule has 0 aliphatic carbocycles. The van der Waals surface area contributed by atoms with Crippen LogP contribution in [0, 0.1) is 0 Å². The molecule has 2 heterocycles. The molecule has 100 valence electrons. The largest absolute Gasteiger partial charge is 0.378 e. The molecule has 1 unspecified atom stereocenters. The Bertz CT molecular complexity index is 309. The Morgan fingerprint density at radius 1 is 1.18 bits per heavy atom. The van der Waals surface area contributed by atoms with Gasteiger partial charge in [0.2, 0.25) is 0 Å². The van der Waals surface area contributed by atoms with E-state index in [1.807, 2.05) is 0 Å². The molecule has 2 saturated heterocycles. The van der Waals surface area contributed by atoms with Crippen molar-refractivity contribution >= 4 is 9.84 Å². The maximum Gasteiger partial charge on any atom is 0.150 e. The Hall–Kier alpha value is -0.130. The van der Waals surface area contributed by atoms with E-state index in [1.54, 1.807) is 0 Å². The lowest BCUT2D eigenvalue weighted by atomic mass is 10.1. The summed E-state index contributed by atoms with van der Waals surface area (Å²) in [6, 6.07) is 0.406. The third-order valence-corrected chi connectivity index (χ3v) is 5.43. The van der Waals surface area contributed by atoms with Crippen LogP contribution in [0.25, 0.3) is 0 Å². The van der Waals surface area contributed by atoms with Gasteiger partial charge in [0.25, 0.3) is 0 Å². The molecule has 0 bridgehead atoms. The third-order valence-electron chi connectivity index (χ3n) is 3.71. The number of rotatable bonds is 5. The van der Waals surface area contributed by atoms with Crippen molar-refractivity contribution < 1.29 is 13.2 Å². The zero-order valence-electron chi connectivity index (χ0n) is 10.4. The third kappa shape index (κ3) is 4.56. The second-order valence-corrected chi connectivity index (χ2v) is 7.46. The summed E-state index contributed by atoms with van der Waals surface area (Å²) in [6.07, 6.45) is 6.72. The van der Waals surface area contributed by atoms with Gasteiger partial charge in [0.1, 0.15) is 9.84 Å². The van der Waals surface area contributed by atoms with Gasteiger partial charge in [0.05, 0.1) is 17.6 Å². The van der Waals surface area contributed by atoms with E-state index in [-0.39, 0.29) is 0 Å². The van der Waals surface area contributed by atoms with Gasteiger partial charge in [-0.25, -0.2) is 8.42 Å². The van der Waals surface area contributed by atoms with Crippen molar-refractivity contribution in [2.24, 2.45) is 0 Å². The molecule has 2 rings (SSSR count). The highest BCUT2D eigenvalue weighted by Gasteiger charge is 2.23. The van der Waals surface area contributed by atoms with Gasteiger partial charge in [0.15, 0.2) is 0 Å². The summed E-state index contributed by atoms with van der Waals surface area (Å²) in [5.74, 6) is 0.715. The second kappa shape index (κ2) is 6.16. The number of sulfone groups is 1. The maximum atomic E-state index is 11.3. The Kier molecular flexibility index (Phi) is 4.82. The molecular formula is C12H23NO3S. The molecule has 0 amide bonds. The minimum atomic E-state index is -2.72. The molecule has 4 nitrogen and oxygen atoms in total. The first kappa shape index (κ1) is 13.3. The Morgan fingerprint density at radius 2 is 1.94 bits per heavy atom. The molecule has 1 atom stereocenters. The fourth-order valence-electron chi connectivity index (χ4n) is 2.60. The predicted molar refractivity (Wildman–Crippen MR) is 67.9 cm³/mol. The summed E-state index contributed by atoms with van der Waals surface area (Å²) in [6.45, 7) is 1.92. The average molecular weight is 261 g/mol. The van der Waals surface area contributed by atoms with Crippen molar-refractivity contribution in [1.82, 2.24) is 5.32 Å². The number of hydrogen-bond acceptors (Lipinski definition) is 4. The first-order chi connectivity index (χ1) is 8.16. The SMILES string of the molecule is O=S1(=O)CCC(NCCCC2CCCO2)CC1. The monoisotopic (exact) mass is 261 g/mol. The van der Waals surface area contributed by atoms with E-state index in [0.29, 0.717) is 23.7 Å². The topological polar surface area (TPSA) is 55.4 Å². The first-order valence-corrected chi connectivity index (χ1v) is 8.53. The minimum absolute atomic E-state index is 0.358. The molecule has 1 N–H and O–H groups in total. The molecule has 0 aromatic carbocycles. The highest BCUT2D eigenvalue weighted by Crippen LogP contribution is 2.17. The van der Waals surface area contributed by atoms with E-state index in [1.165, 1.54) is 12.8 Å². The Balaban J connectivity index is 1.53. The Morgan fingerprint density at radius 3 is 2.59 bits per heavy atom. The lowest BCUT2D eigenvalue weighted by molar-refractivity contribution is 0.102. The fourth-order valence-corrected chi connectivity index (χ4v) is 4.09. The highest BCUT2D eigenvalue weighted by atomic mass is 32.2. The molecule has 5 heteroatoms. The van der Waals surface area contributed by atoms with E-state index in [4.69, 9.17) is 4.74 Å². The summed E-state index contributed by atoms with van der Waals surface area (Å²) in [4.78, 5) is 0. The number of ether oxygens (including phenoxy) is 1. The summed E-state index contributed by atoms with van der Waals surface area (Å²) in [5, 5.41) is 3.46. The smallest absolute Gasteiger partial charge is 0.150 e. The maximum absolute atomic E-state index is 11.3. The quantitative estimate of drug-likeness (QED) is 0.753.